The molecule has 138 valence electrons. The molecule has 2 aromatic rings. The van der Waals surface area contributed by atoms with Crippen LogP contribution in [0.15, 0.2) is 40.9 Å². The summed E-state index contributed by atoms with van der Waals surface area (Å²) in [5.41, 5.74) is 6.52. The summed E-state index contributed by atoms with van der Waals surface area (Å²) in [6.45, 7) is 4.73. The molecule has 0 radical (unpaired) electrons. The predicted octanol–water partition coefficient (Wildman–Crippen LogP) is 0.766. The highest BCUT2D eigenvalue weighted by Crippen LogP contribution is 2.21. The standard InChI is InChI=1S/C18H23N5O3/c1-13-11-15(21-26-13)20-16(24)12-22-7-9-23(10-8-22)17(18(19)25)14-5-3-2-4-6-14/h2-6,11,17H,7-10,12H2,1H3,(H2,19,25)(H,20,21,24). The van der Waals surface area contributed by atoms with Crippen LogP contribution in [0.2, 0.25) is 0 Å². The molecule has 1 saturated heterocycles. The van der Waals surface area contributed by atoms with Crippen LogP contribution in [0.5, 0.6) is 0 Å². The van der Waals surface area contributed by atoms with E-state index in [1.54, 1.807) is 13.0 Å². The van der Waals surface area contributed by atoms with Gasteiger partial charge in [-0.1, -0.05) is 35.5 Å². The Bertz CT molecular complexity index is 753. The fourth-order valence-electron chi connectivity index (χ4n) is 3.18. The zero-order valence-electron chi connectivity index (χ0n) is 14.7. The van der Waals surface area contributed by atoms with Crippen LogP contribution >= 0.6 is 0 Å². The number of carbonyl (C=O) groups is 2. The fraction of sp³-hybridized carbons (Fsp3) is 0.389. The molecule has 2 heterocycles. The number of primary amides is 1. The summed E-state index contributed by atoms with van der Waals surface area (Å²) in [5.74, 6) is 0.571. The molecule has 8 heteroatoms. The molecule has 0 aliphatic carbocycles. The lowest BCUT2D eigenvalue weighted by atomic mass is 10.0. The molecule has 0 spiro atoms. The van der Waals surface area contributed by atoms with E-state index in [0.29, 0.717) is 37.8 Å². The van der Waals surface area contributed by atoms with E-state index in [1.165, 1.54) is 0 Å². The number of hydrogen-bond donors (Lipinski definition) is 2. The number of aryl methyl sites for hydroxylation is 1. The van der Waals surface area contributed by atoms with Crippen LogP contribution in [0.3, 0.4) is 0 Å². The minimum atomic E-state index is -0.440. The number of aromatic nitrogens is 1. The molecular weight excluding hydrogens is 334 g/mol. The number of carbonyl (C=O) groups excluding carboxylic acids is 2. The largest absolute Gasteiger partial charge is 0.368 e. The van der Waals surface area contributed by atoms with Crippen LogP contribution in [0.4, 0.5) is 5.82 Å². The summed E-state index contributed by atoms with van der Waals surface area (Å²) in [7, 11) is 0. The average Bonchev–Trinajstić information content (AvgIpc) is 3.02. The third kappa shape index (κ3) is 4.47. The van der Waals surface area contributed by atoms with Gasteiger partial charge in [-0.3, -0.25) is 19.4 Å². The Kier molecular flexibility index (Phi) is 5.65. The molecule has 3 rings (SSSR count). The second-order valence-corrected chi connectivity index (χ2v) is 6.40. The van der Waals surface area contributed by atoms with Crippen LogP contribution in [-0.4, -0.2) is 59.5 Å². The maximum Gasteiger partial charge on any atom is 0.239 e. The molecule has 1 unspecified atom stereocenters. The first-order valence-electron chi connectivity index (χ1n) is 8.57. The van der Waals surface area contributed by atoms with Gasteiger partial charge in [-0.15, -0.1) is 0 Å². The predicted molar refractivity (Wildman–Crippen MR) is 96.3 cm³/mol. The van der Waals surface area contributed by atoms with Crippen LogP contribution in [0.25, 0.3) is 0 Å². The van der Waals surface area contributed by atoms with Crippen LogP contribution < -0.4 is 11.1 Å². The summed E-state index contributed by atoms with van der Waals surface area (Å²) in [4.78, 5) is 28.2. The molecule has 1 fully saturated rings. The van der Waals surface area contributed by atoms with E-state index < -0.39 is 6.04 Å². The molecule has 1 aliphatic rings. The molecule has 26 heavy (non-hydrogen) atoms. The van der Waals surface area contributed by atoms with Gasteiger partial charge in [0.2, 0.25) is 11.8 Å². The van der Waals surface area contributed by atoms with E-state index >= 15 is 0 Å². The Morgan fingerprint density at radius 1 is 1.23 bits per heavy atom. The van der Waals surface area contributed by atoms with E-state index in [4.69, 9.17) is 10.3 Å². The SMILES string of the molecule is Cc1cc(NC(=O)CN2CCN(C(C(N)=O)c3ccccc3)CC2)no1. The highest BCUT2D eigenvalue weighted by atomic mass is 16.5. The zero-order chi connectivity index (χ0) is 18.5. The molecule has 1 aromatic heterocycles. The van der Waals surface area contributed by atoms with Crippen molar-refractivity contribution in [1.29, 1.82) is 0 Å². The van der Waals surface area contributed by atoms with Crippen LogP contribution in [0, 0.1) is 6.92 Å². The summed E-state index contributed by atoms with van der Waals surface area (Å²) >= 11 is 0. The van der Waals surface area contributed by atoms with Gasteiger partial charge < -0.3 is 15.6 Å². The third-order valence-electron chi connectivity index (χ3n) is 4.42. The number of benzene rings is 1. The van der Waals surface area contributed by atoms with Crippen LogP contribution in [-0.2, 0) is 9.59 Å². The molecule has 1 aliphatic heterocycles. The highest BCUT2D eigenvalue weighted by Gasteiger charge is 2.29. The maximum atomic E-state index is 12.1. The van der Waals surface area contributed by atoms with Crippen molar-refractivity contribution in [3.63, 3.8) is 0 Å². The molecule has 2 amide bonds. The average molecular weight is 357 g/mol. The number of amides is 2. The molecule has 0 bridgehead atoms. The Balaban J connectivity index is 1.53. The van der Waals surface area contributed by atoms with Crippen molar-refractivity contribution in [2.45, 2.75) is 13.0 Å². The zero-order valence-corrected chi connectivity index (χ0v) is 14.7. The first-order valence-corrected chi connectivity index (χ1v) is 8.57. The highest BCUT2D eigenvalue weighted by molar-refractivity contribution is 5.91. The van der Waals surface area contributed by atoms with Crippen molar-refractivity contribution < 1.29 is 14.1 Å². The van der Waals surface area contributed by atoms with Gasteiger partial charge in [-0.25, -0.2) is 0 Å². The number of anilines is 1. The van der Waals surface area contributed by atoms with E-state index in [9.17, 15) is 9.59 Å². The molecule has 1 aromatic carbocycles. The smallest absolute Gasteiger partial charge is 0.239 e. The van der Waals surface area contributed by atoms with Gasteiger partial charge in [0.25, 0.3) is 0 Å². The van der Waals surface area contributed by atoms with Gasteiger partial charge in [0, 0.05) is 32.2 Å². The molecular formula is C18H23N5O3. The van der Waals surface area contributed by atoms with Gasteiger partial charge in [0.15, 0.2) is 5.82 Å². The van der Waals surface area contributed by atoms with E-state index in [1.807, 2.05) is 35.2 Å². The quantitative estimate of drug-likeness (QED) is 0.791. The fourth-order valence-corrected chi connectivity index (χ4v) is 3.18. The number of rotatable bonds is 6. The Morgan fingerprint density at radius 2 is 1.92 bits per heavy atom. The Labute approximate surface area is 151 Å². The lowest BCUT2D eigenvalue weighted by Crippen LogP contribution is -2.51. The lowest BCUT2D eigenvalue weighted by molar-refractivity contribution is -0.125. The van der Waals surface area contributed by atoms with Crippen LogP contribution in [0.1, 0.15) is 17.4 Å². The van der Waals surface area contributed by atoms with Crippen molar-refractivity contribution in [1.82, 2.24) is 15.0 Å². The number of nitrogens with two attached hydrogens (primary N) is 1. The summed E-state index contributed by atoms with van der Waals surface area (Å²) in [6, 6.07) is 10.8. The molecule has 3 N–H and O–H groups in total. The summed E-state index contributed by atoms with van der Waals surface area (Å²) in [5, 5.41) is 6.47. The number of nitrogens with one attached hydrogen (secondary N) is 1. The minimum absolute atomic E-state index is 0.138. The normalized spacial score (nSPS) is 17.0. The lowest BCUT2D eigenvalue weighted by Gasteiger charge is -2.37. The maximum absolute atomic E-state index is 12.1. The van der Waals surface area contributed by atoms with Crippen molar-refractivity contribution in [3.05, 3.63) is 47.7 Å². The van der Waals surface area contributed by atoms with Crippen molar-refractivity contribution in [2.24, 2.45) is 5.73 Å². The van der Waals surface area contributed by atoms with Gasteiger partial charge in [0.05, 0.1) is 6.54 Å². The third-order valence-corrected chi connectivity index (χ3v) is 4.42. The summed E-state index contributed by atoms with van der Waals surface area (Å²) in [6.07, 6.45) is 0. The van der Waals surface area contributed by atoms with Crippen molar-refractivity contribution >= 4 is 17.6 Å². The van der Waals surface area contributed by atoms with Gasteiger partial charge in [-0.2, -0.15) is 0 Å². The first-order chi connectivity index (χ1) is 12.5. The van der Waals surface area contributed by atoms with Gasteiger partial charge >= 0.3 is 0 Å². The van der Waals surface area contributed by atoms with E-state index in [-0.39, 0.29) is 18.4 Å². The second kappa shape index (κ2) is 8.11. The molecule has 8 nitrogen and oxygen atoms in total. The van der Waals surface area contributed by atoms with Crippen molar-refractivity contribution in [2.75, 3.05) is 38.0 Å². The minimum Gasteiger partial charge on any atom is -0.368 e. The van der Waals surface area contributed by atoms with Gasteiger partial charge in [0.1, 0.15) is 11.8 Å². The number of piperazine rings is 1. The number of hydrogen-bond acceptors (Lipinski definition) is 6. The molecule has 0 saturated carbocycles. The second-order valence-electron chi connectivity index (χ2n) is 6.40. The van der Waals surface area contributed by atoms with Gasteiger partial charge in [-0.05, 0) is 12.5 Å². The Hall–Kier alpha value is -2.71. The summed E-state index contributed by atoms with van der Waals surface area (Å²) < 4.78 is 4.93. The van der Waals surface area contributed by atoms with Crippen molar-refractivity contribution in [3.8, 4) is 0 Å². The topological polar surface area (TPSA) is 105 Å². The van der Waals surface area contributed by atoms with E-state index in [2.05, 4.69) is 15.4 Å². The van der Waals surface area contributed by atoms with E-state index in [0.717, 1.165) is 5.56 Å². The Morgan fingerprint density at radius 3 is 2.50 bits per heavy atom. The molecule has 1 atom stereocenters. The first kappa shape index (κ1) is 18.1. The number of nitrogens with zero attached hydrogens (tertiary/aromatic N) is 3. The monoisotopic (exact) mass is 357 g/mol.